The van der Waals surface area contributed by atoms with Gasteiger partial charge in [-0.25, -0.2) is 0 Å². The van der Waals surface area contributed by atoms with Crippen molar-refractivity contribution in [2.45, 2.75) is 251 Å². The summed E-state index contributed by atoms with van der Waals surface area (Å²) in [4.78, 5) is 80.9. The number of nitrogens with one attached hydrogen (secondary N) is 6. The fraction of sp³-hybridized carbons (Fsp3) is 0.622. The van der Waals surface area contributed by atoms with Crippen molar-refractivity contribution < 1.29 is 52.5 Å². The van der Waals surface area contributed by atoms with Gasteiger partial charge in [0.2, 0.25) is 35.4 Å². The first-order valence-corrected chi connectivity index (χ1v) is 40.2. The van der Waals surface area contributed by atoms with Gasteiger partial charge in [0.15, 0.2) is 0 Å². The van der Waals surface area contributed by atoms with Crippen LogP contribution in [0.4, 0.5) is 0 Å². The summed E-state index contributed by atoms with van der Waals surface area (Å²) >= 11 is 0. The van der Waals surface area contributed by atoms with Crippen LogP contribution in [0.5, 0.6) is 0 Å². The Hall–Kier alpha value is -7.02. The number of amides is 6. The molecule has 3 atom stereocenters. The summed E-state index contributed by atoms with van der Waals surface area (Å²) in [5, 5.41) is 17.8. The molecule has 0 saturated carbocycles. The Morgan fingerprint density at radius 1 is 0.421 bits per heavy atom. The normalized spacial score (nSPS) is 17.9. The van der Waals surface area contributed by atoms with Gasteiger partial charge in [0.25, 0.3) is 0 Å². The highest BCUT2D eigenvalue weighted by molar-refractivity contribution is 5.95. The highest BCUT2D eigenvalue weighted by atomic mass is 16.5. The van der Waals surface area contributed by atoms with Gasteiger partial charge in [0.1, 0.15) is 12.1 Å². The van der Waals surface area contributed by atoms with Crippen LogP contribution >= 0.6 is 0 Å². The van der Waals surface area contributed by atoms with E-state index >= 15 is 0 Å². The molecule has 0 aromatic rings. The minimum absolute atomic E-state index is 0.00834. The number of carbonyl (C=O) groups is 6. The van der Waals surface area contributed by atoms with Gasteiger partial charge in [-0.15, -0.1) is 0 Å². The molecule has 17 nitrogen and oxygen atoms in total. The lowest BCUT2D eigenvalue weighted by Gasteiger charge is -2.33. The summed E-state index contributed by atoms with van der Waals surface area (Å²) in [5.74, 6) is -1.69. The zero-order valence-electron chi connectivity index (χ0n) is 69.1. The van der Waals surface area contributed by atoms with E-state index < -0.39 is 23.9 Å². The van der Waals surface area contributed by atoms with Crippen LogP contribution in [0, 0.1) is 22.2 Å². The first-order chi connectivity index (χ1) is 51.0. The highest BCUT2D eigenvalue weighted by Gasteiger charge is 2.30. The van der Waals surface area contributed by atoms with E-state index in [0.29, 0.717) is 143 Å². The van der Waals surface area contributed by atoms with Crippen LogP contribution < -0.4 is 31.9 Å². The molecule has 0 aromatic heterocycles. The van der Waals surface area contributed by atoms with E-state index in [0.717, 1.165) is 54.4 Å². The summed E-state index contributed by atoms with van der Waals surface area (Å²) < 4.78 is 28.0. The molecule has 107 heavy (non-hydrogen) atoms. The Morgan fingerprint density at radius 2 is 0.813 bits per heavy atom. The number of hydrogen-bond acceptors (Lipinski definition) is 11. The maximum atomic E-state index is 14.6. The van der Waals surface area contributed by atoms with E-state index in [4.69, 9.17) is 23.7 Å². The third-order valence-corrected chi connectivity index (χ3v) is 19.8. The predicted molar refractivity (Wildman–Crippen MR) is 440 cm³/mol. The van der Waals surface area contributed by atoms with Gasteiger partial charge in [0, 0.05) is 71.0 Å². The lowest BCUT2D eigenvalue weighted by molar-refractivity contribution is -0.131. The number of ether oxygens (including phenoxy) is 5. The molecular formula is C90H142N6O11. The third kappa shape index (κ3) is 42.5. The smallest absolute Gasteiger partial charge is 0.244 e. The largest absolute Gasteiger partial charge is 0.379 e. The zero-order valence-corrected chi connectivity index (χ0v) is 69.1. The Bertz CT molecular complexity index is 3230. The van der Waals surface area contributed by atoms with E-state index in [1.165, 1.54) is 71.6 Å². The standard InChI is InChI=1S/C90H142N6O11/c1-17-55-103-59-62-106-58-47-82(97)91-53-28-56-104-60-63-107-64-61-105-57-29-54-94-86(101)80(39-18-20-51-92-83(98)65-71(5)33-22-30-68(2)41-44-77-74(8)36-25-48-88(77,11)12)96-87(102)81(95-85(100)67-73(7)35-24-32-70(4)43-46-79-76(10)38-27-50-90(79,15)16)40-19-21-52-93-84(99)66-72(6)34-23-31-69(3)42-45-78-75(9)37-26-49-89(78,13)14/h22-24,30-35,41-46,65,67,72,80-81H,17-21,25-29,36-40,47-64,66H2,1-16H3,(H,91,97)(H,92,98)(H,93,99)(H,94,101)(H,95,100)(H,96,102)/b33-22+,34-23+,35-24+,44-41+,45-42+,46-43+,68-30+,69-31+,70-32+,71-65+,73-67+/t72?,80-,81-/m1/s1. The van der Waals surface area contributed by atoms with Crippen molar-refractivity contribution in [1.82, 2.24) is 31.9 Å². The molecule has 1 unspecified atom stereocenters. The third-order valence-electron chi connectivity index (χ3n) is 19.8. The molecule has 17 heteroatoms. The summed E-state index contributed by atoms with van der Waals surface area (Å²) in [6, 6.07) is -1.96. The van der Waals surface area contributed by atoms with Crippen LogP contribution in [0.25, 0.3) is 0 Å². The van der Waals surface area contributed by atoms with E-state index in [1.807, 2.05) is 69.4 Å². The second kappa shape index (κ2) is 53.7. The topological polar surface area (TPSA) is 221 Å². The lowest BCUT2D eigenvalue weighted by atomic mass is 9.72. The Morgan fingerprint density at radius 3 is 1.28 bits per heavy atom. The SMILES string of the molecule is CCCOCCOCCC(=O)NCCCOCCOCCOCCCNC(=O)[C@@H](CCCCNC(=O)/C=C(C)/C=C/C=C(C)/C=C/C1=C(C)CCCC1(C)C)NC(=O)[C@@H](CCCCNC(=O)CC(C)/C=C/C=C(C)/C=C/C1=C(C)CCCC1(C)C)NC(=O)/C=C(C)/C=C/C=C(C)/C=C/C1=C(C)CCCC1(C)C. The first-order valence-electron chi connectivity index (χ1n) is 40.2. The average molecular weight is 1480 g/mol. The predicted octanol–water partition coefficient (Wildman–Crippen LogP) is 17.1. The van der Waals surface area contributed by atoms with Crippen LogP contribution in [-0.4, -0.2) is 140 Å². The Labute approximate surface area is 646 Å². The summed E-state index contributed by atoms with van der Waals surface area (Å²) in [7, 11) is 0. The molecule has 0 radical (unpaired) electrons. The molecule has 0 saturated heterocycles. The van der Waals surface area contributed by atoms with Crippen molar-refractivity contribution in [3.63, 3.8) is 0 Å². The molecule has 0 aromatic carbocycles. The maximum absolute atomic E-state index is 14.6. The number of allylic oxidation sites excluding steroid dienone is 26. The van der Waals surface area contributed by atoms with Crippen molar-refractivity contribution in [1.29, 1.82) is 0 Å². The molecule has 3 aliphatic rings. The molecule has 0 fully saturated rings. The second-order valence-corrected chi connectivity index (χ2v) is 31.5. The summed E-state index contributed by atoms with van der Waals surface area (Å²) in [6.45, 7) is 40.6. The van der Waals surface area contributed by atoms with E-state index in [-0.39, 0.29) is 65.2 Å². The molecular weight excluding hydrogens is 1340 g/mol. The lowest BCUT2D eigenvalue weighted by Crippen LogP contribution is -2.53. The quantitative estimate of drug-likeness (QED) is 0.0191. The number of hydrogen-bond donors (Lipinski definition) is 6. The van der Waals surface area contributed by atoms with Gasteiger partial charge < -0.3 is 55.6 Å². The fourth-order valence-corrected chi connectivity index (χ4v) is 13.5. The fourth-order valence-electron chi connectivity index (χ4n) is 13.5. The van der Waals surface area contributed by atoms with Gasteiger partial charge in [0.05, 0.1) is 46.2 Å². The van der Waals surface area contributed by atoms with Gasteiger partial charge in [-0.3, -0.25) is 28.8 Å². The number of rotatable bonds is 52. The van der Waals surface area contributed by atoms with Gasteiger partial charge in [-0.2, -0.15) is 0 Å². The van der Waals surface area contributed by atoms with Crippen molar-refractivity contribution in [2.24, 2.45) is 22.2 Å². The Kier molecular flexibility index (Phi) is 47.3. The maximum Gasteiger partial charge on any atom is 0.244 e. The van der Waals surface area contributed by atoms with Crippen molar-refractivity contribution in [3.05, 3.63) is 165 Å². The summed E-state index contributed by atoms with van der Waals surface area (Å²) in [5.41, 5.74) is 13.8. The minimum atomic E-state index is -1.00. The number of unbranched alkanes of at least 4 members (excludes halogenated alkanes) is 2. The van der Waals surface area contributed by atoms with E-state index in [2.05, 4.69) is 164 Å². The average Bonchev–Trinajstić information content (AvgIpc) is 0.835. The van der Waals surface area contributed by atoms with Crippen molar-refractivity contribution >= 4 is 35.4 Å². The van der Waals surface area contributed by atoms with Crippen molar-refractivity contribution in [3.8, 4) is 0 Å². The molecule has 0 bridgehead atoms. The van der Waals surface area contributed by atoms with Crippen LogP contribution in [0.2, 0.25) is 0 Å². The van der Waals surface area contributed by atoms with Gasteiger partial charge in [-0.1, -0.05) is 180 Å². The number of carbonyl (C=O) groups excluding carboxylic acids is 6. The second-order valence-electron chi connectivity index (χ2n) is 31.5. The van der Waals surface area contributed by atoms with E-state index in [1.54, 1.807) is 6.08 Å². The molecule has 3 rings (SSSR count). The monoisotopic (exact) mass is 1480 g/mol. The van der Waals surface area contributed by atoms with Crippen LogP contribution in [-0.2, 0) is 52.5 Å². The van der Waals surface area contributed by atoms with Crippen LogP contribution in [0.1, 0.15) is 239 Å². The zero-order chi connectivity index (χ0) is 78.9. The molecule has 3 aliphatic carbocycles. The van der Waals surface area contributed by atoms with Gasteiger partial charge in [-0.05, 0) is 221 Å². The van der Waals surface area contributed by atoms with E-state index in [9.17, 15) is 28.8 Å². The minimum Gasteiger partial charge on any atom is -0.379 e. The van der Waals surface area contributed by atoms with Crippen LogP contribution in [0.3, 0.4) is 0 Å². The molecule has 0 aliphatic heterocycles. The molecule has 0 spiro atoms. The molecule has 6 amide bonds. The molecule has 6 N–H and O–H groups in total. The first kappa shape index (κ1) is 94.2. The summed E-state index contributed by atoms with van der Waals surface area (Å²) in [6.07, 6.45) is 50.1. The highest BCUT2D eigenvalue weighted by Crippen LogP contribution is 2.43. The van der Waals surface area contributed by atoms with Gasteiger partial charge >= 0.3 is 0 Å². The molecule has 0 heterocycles. The Balaban J connectivity index is 1.68. The molecule has 598 valence electrons. The van der Waals surface area contributed by atoms with Crippen molar-refractivity contribution in [2.75, 3.05) is 92.2 Å². The van der Waals surface area contributed by atoms with Crippen LogP contribution in [0.15, 0.2) is 165 Å².